The maximum Gasteiger partial charge on any atom is 0.123 e. The number of likely N-dealkylation sites (tertiary alicyclic amines) is 1. The van der Waals surface area contributed by atoms with Crippen molar-refractivity contribution in [2.24, 2.45) is 5.92 Å². The third-order valence-corrected chi connectivity index (χ3v) is 4.06. The third-order valence-electron chi connectivity index (χ3n) is 4.06. The molecule has 1 aromatic carbocycles. The number of nitrogens with zero attached hydrogens (tertiary/aromatic N) is 1. The Kier molecular flexibility index (Phi) is 3.62. The van der Waals surface area contributed by atoms with Crippen LogP contribution in [0.2, 0.25) is 0 Å². The first-order valence-electron chi connectivity index (χ1n) is 7.00. The van der Waals surface area contributed by atoms with Crippen molar-refractivity contribution in [3.8, 4) is 0 Å². The second kappa shape index (κ2) is 5.37. The van der Waals surface area contributed by atoms with E-state index in [-0.39, 0.29) is 5.82 Å². The van der Waals surface area contributed by atoms with Crippen molar-refractivity contribution in [1.82, 2.24) is 10.2 Å². The average Bonchev–Trinajstić information content (AvgIpc) is 3.12. The molecular formula is C15H21FN2. The van der Waals surface area contributed by atoms with Crippen molar-refractivity contribution in [3.05, 3.63) is 35.6 Å². The van der Waals surface area contributed by atoms with E-state index in [2.05, 4.69) is 10.2 Å². The molecule has 1 unspecified atom stereocenters. The van der Waals surface area contributed by atoms with Crippen molar-refractivity contribution >= 4 is 0 Å². The SMILES string of the molecule is Fc1ccc(CNCC2CCN(C3CC3)C2)cc1. The highest BCUT2D eigenvalue weighted by Gasteiger charge is 2.33. The molecule has 2 aliphatic rings. The Morgan fingerprint density at radius 2 is 1.94 bits per heavy atom. The Bertz CT molecular complexity index is 386. The summed E-state index contributed by atoms with van der Waals surface area (Å²) in [5, 5.41) is 3.49. The molecule has 1 N–H and O–H groups in total. The molecule has 0 amide bonds. The van der Waals surface area contributed by atoms with Gasteiger partial charge in [0.2, 0.25) is 0 Å². The highest BCUT2D eigenvalue weighted by atomic mass is 19.1. The van der Waals surface area contributed by atoms with Gasteiger partial charge in [-0.05, 0) is 56.0 Å². The van der Waals surface area contributed by atoms with Crippen LogP contribution in [0.3, 0.4) is 0 Å². The standard InChI is InChI=1S/C15H21FN2/c16-14-3-1-12(2-4-14)9-17-10-13-7-8-18(11-13)15-5-6-15/h1-4,13,15,17H,5-11H2. The summed E-state index contributed by atoms with van der Waals surface area (Å²) < 4.78 is 12.8. The third kappa shape index (κ3) is 3.09. The molecule has 18 heavy (non-hydrogen) atoms. The van der Waals surface area contributed by atoms with Gasteiger partial charge in [0.1, 0.15) is 5.82 Å². The monoisotopic (exact) mass is 248 g/mol. The molecule has 1 heterocycles. The van der Waals surface area contributed by atoms with Gasteiger partial charge in [-0.15, -0.1) is 0 Å². The van der Waals surface area contributed by atoms with Crippen molar-refractivity contribution in [3.63, 3.8) is 0 Å². The Labute approximate surface area is 108 Å². The fourth-order valence-corrected chi connectivity index (χ4v) is 2.82. The Morgan fingerprint density at radius 3 is 2.67 bits per heavy atom. The highest BCUT2D eigenvalue weighted by Crippen LogP contribution is 2.31. The predicted molar refractivity (Wildman–Crippen MR) is 70.8 cm³/mol. The van der Waals surface area contributed by atoms with Crippen LogP contribution in [0.5, 0.6) is 0 Å². The quantitative estimate of drug-likeness (QED) is 0.861. The van der Waals surface area contributed by atoms with Crippen molar-refractivity contribution in [1.29, 1.82) is 0 Å². The van der Waals surface area contributed by atoms with E-state index in [0.29, 0.717) is 0 Å². The number of hydrogen-bond acceptors (Lipinski definition) is 2. The summed E-state index contributed by atoms with van der Waals surface area (Å²) in [5.41, 5.74) is 1.16. The molecule has 0 radical (unpaired) electrons. The smallest absolute Gasteiger partial charge is 0.123 e. The minimum Gasteiger partial charge on any atom is -0.312 e. The first-order chi connectivity index (χ1) is 8.81. The lowest BCUT2D eigenvalue weighted by Gasteiger charge is -2.15. The normalized spacial score (nSPS) is 24.6. The van der Waals surface area contributed by atoms with Crippen molar-refractivity contribution in [2.45, 2.75) is 31.8 Å². The summed E-state index contributed by atoms with van der Waals surface area (Å²) in [6.45, 7) is 4.48. The first kappa shape index (κ1) is 12.1. The molecule has 1 atom stereocenters. The minimum absolute atomic E-state index is 0.158. The molecule has 2 fully saturated rings. The van der Waals surface area contributed by atoms with Crippen molar-refractivity contribution in [2.75, 3.05) is 19.6 Å². The molecule has 2 nitrogen and oxygen atoms in total. The first-order valence-corrected chi connectivity index (χ1v) is 7.00. The van der Waals surface area contributed by atoms with Gasteiger partial charge in [-0.25, -0.2) is 4.39 Å². The van der Waals surface area contributed by atoms with Crippen LogP contribution in [0, 0.1) is 11.7 Å². The van der Waals surface area contributed by atoms with E-state index in [4.69, 9.17) is 0 Å². The van der Waals surface area contributed by atoms with Crippen LogP contribution < -0.4 is 5.32 Å². The molecule has 0 aromatic heterocycles. The molecule has 0 spiro atoms. The van der Waals surface area contributed by atoms with E-state index in [9.17, 15) is 4.39 Å². The van der Waals surface area contributed by atoms with Gasteiger partial charge in [0.15, 0.2) is 0 Å². The van der Waals surface area contributed by atoms with Crippen LogP contribution in [0.4, 0.5) is 4.39 Å². The molecule has 1 saturated carbocycles. The van der Waals surface area contributed by atoms with Gasteiger partial charge in [0.05, 0.1) is 0 Å². The molecule has 1 aliphatic heterocycles. The lowest BCUT2D eigenvalue weighted by Crippen LogP contribution is -2.27. The second-order valence-electron chi connectivity index (χ2n) is 5.64. The second-order valence-corrected chi connectivity index (χ2v) is 5.64. The summed E-state index contributed by atoms with van der Waals surface area (Å²) >= 11 is 0. The summed E-state index contributed by atoms with van der Waals surface area (Å²) in [4.78, 5) is 2.64. The maximum atomic E-state index is 12.8. The molecular weight excluding hydrogens is 227 g/mol. The van der Waals surface area contributed by atoms with Gasteiger partial charge in [-0.2, -0.15) is 0 Å². The van der Waals surface area contributed by atoms with E-state index in [1.807, 2.05) is 12.1 Å². The lowest BCUT2D eigenvalue weighted by atomic mass is 10.1. The molecule has 1 aliphatic carbocycles. The molecule has 3 heteroatoms. The van der Waals surface area contributed by atoms with E-state index in [1.165, 1.54) is 44.5 Å². The summed E-state index contributed by atoms with van der Waals surface area (Å²) in [6, 6.07) is 7.68. The highest BCUT2D eigenvalue weighted by molar-refractivity contribution is 5.15. The van der Waals surface area contributed by atoms with Gasteiger partial charge in [-0.1, -0.05) is 12.1 Å². The van der Waals surface area contributed by atoms with Crippen LogP contribution in [0.1, 0.15) is 24.8 Å². The fourth-order valence-electron chi connectivity index (χ4n) is 2.82. The minimum atomic E-state index is -0.158. The van der Waals surface area contributed by atoms with Crippen LogP contribution in [0.15, 0.2) is 24.3 Å². The molecule has 3 rings (SSSR count). The summed E-state index contributed by atoms with van der Waals surface area (Å²) in [7, 11) is 0. The molecule has 0 bridgehead atoms. The number of halogens is 1. The maximum absolute atomic E-state index is 12.8. The van der Waals surface area contributed by atoms with Gasteiger partial charge >= 0.3 is 0 Å². The van der Waals surface area contributed by atoms with E-state index in [0.717, 1.165) is 30.6 Å². The largest absolute Gasteiger partial charge is 0.312 e. The van der Waals surface area contributed by atoms with Crippen LogP contribution in [-0.2, 0) is 6.54 Å². The van der Waals surface area contributed by atoms with Gasteiger partial charge in [0.25, 0.3) is 0 Å². The van der Waals surface area contributed by atoms with E-state index >= 15 is 0 Å². The Balaban J connectivity index is 1.38. The zero-order valence-electron chi connectivity index (χ0n) is 10.7. The number of benzene rings is 1. The van der Waals surface area contributed by atoms with Gasteiger partial charge in [0, 0.05) is 19.1 Å². The predicted octanol–water partition coefficient (Wildman–Crippen LogP) is 2.40. The summed E-state index contributed by atoms with van der Waals surface area (Å²) in [6.07, 6.45) is 4.15. The van der Waals surface area contributed by atoms with Crippen LogP contribution in [0.25, 0.3) is 0 Å². The molecule has 1 aromatic rings. The van der Waals surface area contributed by atoms with Gasteiger partial charge < -0.3 is 10.2 Å². The molecule has 1 saturated heterocycles. The Morgan fingerprint density at radius 1 is 1.17 bits per heavy atom. The number of rotatable bonds is 5. The Hall–Kier alpha value is -0.930. The number of nitrogens with one attached hydrogen (secondary N) is 1. The van der Waals surface area contributed by atoms with Gasteiger partial charge in [-0.3, -0.25) is 0 Å². The topological polar surface area (TPSA) is 15.3 Å². The van der Waals surface area contributed by atoms with Crippen LogP contribution >= 0.6 is 0 Å². The fraction of sp³-hybridized carbons (Fsp3) is 0.600. The van der Waals surface area contributed by atoms with Crippen molar-refractivity contribution < 1.29 is 4.39 Å². The van der Waals surface area contributed by atoms with E-state index in [1.54, 1.807) is 0 Å². The zero-order chi connectivity index (χ0) is 12.4. The molecule has 98 valence electrons. The van der Waals surface area contributed by atoms with Crippen LogP contribution in [-0.4, -0.2) is 30.6 Å². The zero-order valence-corrected chi connectivity index (χ0v) is 10.7. The average molecular weight is 248 g/mol. The van der Waals surface area contributed by atoms with E-state index < -0.39 is 0 Å². The number of hydrogen-bond donors (Lipinski definition) is 1. The summed E-state index contributed by atoms with van der Waals surface area (Å²) in [5.74, 6) is 0.640. The lowest BCUT2D eigenvalue weighted by molar-refractivity contribution is 0.312.